The van der Waals surface area contributed by atoms with Gasteiger partial charge in [-0.2, -0.15) is 0 Å². The van der Waals surface area contributed by atoms with Crippen LogP contribution in [0, 0.1) is 0 Å². The van der Waals surface area contributed by atoms with Crippen molar-refractivity contribution in [3.05, 3.63) is 24.3 Å². The number of hydrogen-bond acceptors (Lipinski definition) is 4. The Balaban J connectivity index is 2.39. The van der Waals surface area contributed by atoms with Crippen molar-refractivity contribution in [2.24, 2.45) is 0 Å². The van der Waals surface area contributed by atoms with E-state index in [1.807, 2.05) is 12.1 Å². The van der Waals surface area contributed by atoms with Crippen LogP contribution in [0.3, 0.4) is 0 Å². The second-order valence-corrected chi connectivity index (χ2v) is 3.99. The maximum absolute atomic E-state index is 11.6. The summed E-state index contributed by atoms with van der Waals surface area (Å²) in [6.07, 6.45) is -0.461. The minimum absolute atomic E-state index is 0.378. The summed E-state index contributed by atoms with van der Waals surface area (Å²) in [6.45, 7) is 7.19. The summed E-state index contributed by atoms with van der Waals surface area (Å²) >= 11 is 0. The second kappa shape index (κ2) is 8.37. The van der Waals surface area contributed by atoms with Gasteiger partial charge in [0.1, 0.15) is 12.4 Å². The summed E-state index contributed by atoms with van der Waals surface area (Å²) < 4.78 is 10.3. The largest absolute Gasteiger partial charge is 0.495 e. The molecule has 0 aliphatic heterocycles. The molecule has 0 radical (unpaired) electrons. The molecule has 0 aliphatic rings. The van der Waals surface area contributed by atoms with Crippen molar-refractivity contribution in [3.8, 4) is 5.75 Å². The standard InChI is InChI=1S/C14H22N2O3/c1-4-16(5-2)10-11-19-14(17)15-12-8-6-7-9-13(12)18-3/h6-9H,4-5,10-11H2,1-3H3,(H,15,17). The average Bonchev–Trinajstić information content (AvgIpc) is 2.44. The quantitative estimate of drug-likeness (QED) is 0.824. The number of amides is 1. The van der Waals surface area contributed by atoms with Crippen molar-refractivity contribution in [2.75, 3.05) is 38.7 Å². The fourth-order valence-electron chi connectivity index (χ4n) is 1.70. The summed E-state index contributed by atoms with van der Waals surface area (Å²) in [4.78, 5) is 13.8. The van der Waals surface area contributed by atoms with Gasteiger partial charge in [-0.15, -0.1) is 0 Å². The Morgan fingerprint density at radius 2 is 1.95 bits per heavy atom. The van der Waals surface area contributed by atoms with Crippen LogP contribution in [0.5, 0.6) is 5.75 Å². The minimum Gasteiger partial charge on any atom is -0.495 e. The second-order valence-electron chi connectivity index (χ2n) is 3.99. The van der Waals surface area contributed by atoms with E-state index >= 15 is 0 Å². The van der Waals surface area contributed by atoms with Crippen LogP contribution < -0.4 is 10.1 Å². The van der Waals surface area contributed by atoms with Crippen molar-refractivity contribution in [2.45, 2.75) is 13.8 Å². The fourth-order valence-corrected chi connectivity index (χ4v) is 1.70. The van der Waals surface area contributed by atoms with Gasteiger partial charge in [-0.1, -0.05) is 26.0 Å². The molecule has 19 heavy (non-hydrogen) atoms. The zero-order valence-electron chi connectivity index (χ0n) is 11.8. The first kappa shape index (κ1) is 15.3. The molecule has 1 amide bonds. The van der Waals surface area contributed by atoms with Crippen LogP contribution in [0.25, 0.3) is 0 Å². The van der Waals surface area contributed by atoms with E-state index < -0.39 is 6.09 Å². The summed E-state index contributed by atoms with van der Waals surface area (Å²) in [5, 5.41) is 2.67. The Bertz CT molecular complexity index is 392. The SMILES string of the molecule is CCN(CC)CCOC(=O)Nc1ccccc1OC. The Hall–Kier alpha value is -1.75. The number of carbonyl (C=O) groups is 1. The molecule has 0 atom stereocenters. The molecule has 0 fully saturated rings. The molecule has 0 saturated carbocycles. The van der Waals surface area contributed by atoms with E-state index in [1.165, 1.54) is 0 Å². The van der Waals surface area contributed by atoms with E-state index in [4.69, 9.17) is 9.47 Å². The lowest BCUT2D eigenvalue weighted by Gasteiger charge is -2.17. The van der Waals surface area contributed by atoms with Crippen LogP contribution >= 0.6 is 0 Å². The van der Waals surface area contributed by atoms with Gasteiger partial charge in [-0.05, 0) is 25.2 Å². The molecule has 1 aromatic carbocycles. The monoisotopic (exact) mass is 266 g/mol. The molecular formula is C14H22N2O3. The van der Waals surface area contributed by atoms with Gasteiger partial charge in [0.2, 0.25) is 0 Å². The number of para-hydroxylation sites is 2. The Kier molecular flexibility index (Phi) is 6.74. The number of nitrogens with zero attached hydrogens (tertiary/aromatic N) is 1. The molecule has 0 saturated heterocycles. The third kappa shape index (κ3) is 5.18. The lowest BCUT2D eigenvalue weighted by molar-refractivity contribution is 0.142. The highest BCUT2D eigenvalue weighted by atomic mass is 16.5. The van der Waals surface area contributed by atoms with Gasteiger partial charge >= 0.3 is 6.09 Å². The summed E-state index contributed by atoms with van der Waals surface area (Å²) in [5.41, 5.74) is 0.609. The number of rotatable bonds is 7. The Morgan fingerprint density at radius 3 is 2.58 bits per heavy atom. The smallest absolute Gasteiger partial charge is 0.411 e. The van der Waals surface area contributed by atoms with Crippen LogP contribution in [-0.4, -0.2) is 44.3 Å². The third-order valence-electron chi connectivity index (χ3n) is 2.88. The molecule has 0 bridgehead atoms. The number of ether oxygens (including phenoxy) is 2. The molecular weight excluding hydrogens is 244 g/mol. The zero-order chi connectivity index (χ0) is 14.1. The number of nitrogens with one attached hydrogen (secondary N) is 1. The molecule has 0 aliphatic carbocycles. The number of carbonyl (C=O) groups excluding carboxylic acids is 1. The number of hydrogen-bond donors (Lipinski definition) is 1. The lowest BCUT2D eigenvalue weighted by Crippen LogP contribution is -2.28. The van der Waals surface area contributed by atoms with E-state index in [0.717, 1.165) is 19.6 Å². The zero-order valence-corrected chi connectivity index (χ0v) is 11.8. The van der Waals surface area contributed by atoms with E-state index in [9.17, 15) is 4.79 Å². The van der Waals surface area contributed by atoms with Gasteiger partial charge in [0.25, 0.3) is 0 Å². The first-order valence-electron chi connectivity index (χ1n) is 6.50. The van der Waals surface area contributed by atoms with Crippen LogP contribution in [0.1, 0.15) is 13.8 Å². The first-order chi connectivity index (χ1) is 9.21. The number of benzene rings is 1. The minimum atomic E-state index is -0.461. The number of anilines is 1. The number of likely N-dealkylation sites (N-methyl/N-ethyl adjacent to an activating group) is 1. The van der Waals surface area contributed by atoms with Crippen molar-refractivity contribution in [1.82, 2.24) is 4.90 Å². The van der Waals surface area contributed by atoms with E-state index in [0.29, 0.717) is 18.0 Å². The summed E-state index contributed by atoms with van der Waals surface area (Å²) in [5.74, 6) is 0.614. The molecule has 0 heterocycles. The normalized spacial score (nSPS) is 10.3. The van der Waals surface area contributed by atoms with Gasteiger partial charge in [-0.3, -0.25) is 5.32 Å². The Labute approximate surface area is 114 Å². The van der Waals surface area contributed by atoms with Crippen molar-refractivity contribution in [1.29, 1.82) is 0 Å². The average molecular weight is 266 g/mol. The molecule has 0 unspecified atom stereocenters. The van der Waals surface area contributed by atoms with Crippen molar-refractivity contribution >= 4 is 11.8 Å². The molecule has 1 aromatic rings. The highest BCUT2D eigenvalue weighted by molar-refractivity contribution is 5.86. The molecule has 106 valence electrons. The van der Waals surface area contributed by atoms with E-state index in [-0.39, 0.29) is 0 Å². The van der Waals surface area contributed by atoms with Crippen LogP contribution in [0.15, 0.2) is 24.3 Å². The lowest BCUT2D eigenvalue weighted by atomic mass is 10.3. The predicted octanol–water partition coefficient (Wildman–Crippen LogP) is 2.59. The maximum Gasteiger partial charge on any atom is 0.411 e. The van der Waals surface area contributed by atoms with Crippen LogP contribution in [0.2, 0.25) is 0 Å². The topological polar surface area (TPSA) is 50.8 Å². The molecule has 5 heteroatoms. The van der Waals surface area contributed by atoms with Crippen molar-refractivity contribution < 1.29 is 14.3 Å². The van der Waals surface area contributed by atoms with Crippen LogP contribution in [-0.2, 0) is 4.74 Å². The molecule has 0 aromatic heterocycles. The molecule has 5 nitrogen and oxygen atoms in total. The Morgan fingerprint density at radius 1 is 1.26 bits per heavy atom. The maximum atomic E-state index is 11.6. The van der Waals surface area contributed by atoms with Gasteiger partial charge in [0.15, 0.2) is 0 Å². The van der Waals surface area contributed by atoms with E-state index in [2.05, 4.69) is 24.1 Å². The highest BCUT2D eigenvalue weighted by Crippen LogP contribution is 2.22. The summed E-state index contributed by atoms with van der Waals surface area (Å²) in [7, 11) is 1.56. The van der Waals surface area contributed by atoms with Gasteiger partial charge in [-0.25, -0.2) is 4.79 Å². The molecule has 1 rings (SSSR count). The van der Waals surface area contributed by atoms with Gasteiger partial charge < -0.3 is 14.4 Å². The highest BCUT2D eigenvalue weighted by Gasteiger charge is 2.08. The predicted molar refractivity (Wildman–Crippen MR) is 75.8 cm³/mol. The fraction of sp³-hybridized carbons (Fsp3) is 0.500. The number of methoxy groups -OCH3 is 1. The third-order valence-corrected chi connectivity index (χ3v) is 2.88. The summed E-state index contributed by atoms with van der Waals surface area (Å²) in [6, 6.07) is 7.22. The van der Waals surface area contributed by atoms with Crippen molar-refractivity contribution in [3.63, 3.8) is 0 Å². The molecule has 1 N–H and O–H groups in total. The van der Waals surface area contributed by atoms with E-state index in [1.54, 1.807) is 19.2 Å². The molecule has 0 spiro atoms. The first-order valence-corrected chi connectivity index (χ1v) is 6.50. The van der Waals surface area contributed by atoms with Gasteiger partial charge in [0.05, 0.1) is 12.8 Å². The van der Waals surface area contributed by atoms with Gasteiger partial charge in [0, 0.05) is 6.54 Å². The van der Waals surface area contributed by atoms with Crippen LogP contribution in [0.4, 0.5) is 10.5 Å².